The summed E-state index contributed by atoms with van der Waals surface area (Å²) < 4.78 is 1.83. The summed E-state index contributed by atoms with van der Waals surface area (Å²) in [5, 5.41) is 13.2. The SMILES string of the molecule is CC(NC(=O)c1ccn(C2CCCNC2)n1)C(=O)NC(C)(C)C. The molecule has 0 bridgehead atoms. The number of piperidine rings is 1. The molecule has 7 nitrogen and oxygen atoms in total. The fourth-order valence-corrected chi connectivity index (χ4v) is 2.54. The molecular weight excluding hydrogens is 294 g/mol. The van der Waals surface area contributed by atoms with Gasteiger partial charge in [-0.05, 0) is 53.1 Å². The Morgan fingerprint density at radius 1 is 1.43 bits per heavy atom. The van der Waals surface area contributed by atoms with Gasteiger partial charge in [-0.2, -0.15) is 5.10 Å². The van der Waals surface area contributed by atoms with Crippen molar-refractivity contribution in [3.05, 3.63) is 18.0 Å². The lowest BCUT2D eigenvalue weighted by molar-refractivity contribution is -0.124. The largest absolute Gasteiger partial charge is 0.350 e. The molecule has 23 heavy (non-hydrogen) atoms. The van der Waals surface area contributed by atoms with Crippen molar-refractivity contribution < 1.29 is 9.59 Å². The van der Waals surface area contributed by atoms with Crippen molar-refractivity contribution in [1.29, 1.82) is 0 Å². The maximum atomic E-state index is 12.2. The van der Waals surface area contributed by atoms with Gasteiger partial charge in [-0.1, -0.05) is 0 Å². The number of rotatable bonds is 4. The minimum Gasteiger partial charge on any atom is -0.350 e. The summed E-state index contributed by atoms with van der Waals surface area (Å²) in [5.74, 6) is -0.536. The maximum absolute atomic E-state index is 12.2. The molecule has 2 rings (SSSR count). The second kappa shape index (κ2) is 7.12. The predicted molar refractivity (Wildman–Crippen MR) is 88.2 cm³/mol. The molecular formula is C16H27N5O2. The molecule has 0 spiro atoms. The molecule has 1 aliphatic heterocycles. The number of aromatic nitrogens is 2. The molecule has 1 fully saturated rings. The lowest BCUT2D eigenvalue weighted by atomic mass is 10.1. The Balaban J connectivity index is 1.93. The molecule has 0 saturated carbocycles. The third-order valence-corrected chi connectivity index (χ3v) is 3.73. The van der Waals surface area contributed by atoms with Gasteiger partial charge < -0.3 is 16.0 Å². The second-order valence-electron chi connectivity index (χ2n) is 7.12. The van der Waals surface area contributed by atoms with Crippen LogP contribution in [-0.2, 0) is 4.79 Å². The van der Waals surface area contributed by atoms with Crippen LogP contribution in [0.1, 0.15) is 57.1 Å². The summed E-state index contributed by atoms with van der Waals surface area (Å²) in [6.45, 7) is 9.28. The third kappa shape index (κ3) is 5.06. The van der Waals surface area contributed by atoms with Crippen LogP contribution in [0, 0.1) is 0 Å². The topological polar surface area (TPSA) is 88.1 Å². The normalized spacial score (nSPS) is 19.9. The first-order valence-corrected chi connectivity index (χ1v) is 8.15. The summed E-state index contributed by atoms with van der Waals surface area (Å²) >= 11 is 0. The summed E-state index contributed by atoms with van der Waals surface area (Å²) in [7, 11) is 0. The molecule has 2 atom stereocenters. The number of carbonyl (C=O) groups excluding carboxylic acids is 2. The summed E-state index contributed by atoms with van der Waals surface area (Å²) in [5.41, 5.74) is 0.0111. The Labute approximate surface area is 137 Å². The van der Waals surface area contributed by atoms with Gasteiger partial charge in [0.25, 0.3) is 5.91 Å². The number of nitrogens with one attached hydrogen (secondary N) is 3. The maximum Gasteiger partial charge on any atom is 0.272 e. The van der Waals surface area contributed by atoms with E-state index < -0.39 is 6.04 Å². The van der Waals surface area contributed by atoms with E-state index in [-0.39, 0.29) is 23.4 Å². The van der Waals surface area contributed by atoms with Gasteiger partial charge >= 0.3 is 0 Å². The van der Waals surface area contributed by atoms with Gasteiger partial charge in [-0.15, -0.1) is 0 Å². The van der Waals surface area contributed by atoms with Crippen molar-refractivity contribution >= 4 is 11.8 Å². The van der Waals surface area contributed by atoms with E-state index in [1.165, 1.54) is 0 Å². The molecule has 0 aliphatic carbocycles. The van der Waals surface area contributed by atoms with Crippen LogP contribution in [0.3, 0.4) is 0 Å². The van der Waals surface area contributed by atoms with Crippen molar-refractivity contribution in [2.45, 2.75) is 58.2 Å². The van der Waals surface area contributed by atoms with Gasteiger partial charge in [0.05, 0.1) is 6.04 Å². The molecule has 2 heterocycles. The van der Waals surface area contributed by atoms with Crippen LogP contribution in [0.25, 0.3) is 0 Å². The van der Waals surface area contributed by atoms with Gasteiger partial charge in [0.2, 0.25) is 5.91 Å². The summed E-state index contributed by atoms with van der Waals surface area (Å²) in [6, 6.07) is 1.37. The van der Waals surface area contributed by atoms with Crippen LogP contribution in [0.15, 0.2) is 12.3 Å². The molecule has 3 N–H and O–H groups in total. The van der Waals surface area contributed by atoms with Crippen molar-refractivity contribution in [1.82, 2.24) is 25.7 Å². The van der Waals surface area contributed by atoms with E-state index in [0.717, 1.165) is 25.9 Å². The summed E-state index contributed by atoms with van der Waals surface area (Å²) in [6.07, 6.45) is 3.99. The van der Waals surface area contributed by atoms with Crippen LogP contribution in [0.4, 0.5) is 0 Å². The molecule has 2 amide bonds. The Morgan fingerprint density at radius 2 is 2.17 bits per heavy atom. The van der Waals surface area contributed by atoms with Gasteiger partial charge in [0.15, 0.2) is 0 Å². The van der Waals surface area contributed by atoms with Crippen molar-refractivity contribution in [3.8, 4) is 0 Å². The Morgan fingerprint density at radius 3 is 2.78 bits per heavy atom. The Kier molecular flexibility index (Phi) is 5.41. The molecule has 0 radical (unpaired) electrons. The lowest BCUT2D eigenvalue weighted by Crippen LogP contribution is -2.50. The minimum absolute atomic E-state index is 0.207. The average Bonchev–Trinajstić information content (AvgIpc) is 2.96. The van der Waals surface area contributed by atoms with E-state index in [4.69, 9.17) is 0 Å². The predicted octanol–water partition coefficient (Wildman–Crippen LogP) is 0.841. The molecule has 1 aromatic rings. The highest BCUT2D eigenvalue weighted by molar-refractivity contribution is 5.95. The van der Waals surface area contributed by atoms with Gasteiger partial charge in [-0.25, -0.2) is 0 Å². The quantitative estimate of drug-likeness (QED) is 0.767. The molecule has 2 unspecified atom stereocenters. The van der Waals surface area contributed by atoms with E-state index in [1.807, 2.05) is 31.6 Å². The van der Waals surface area contributed by atoms with Gasteiger partial charge in [0, 0.05) is 18.3 Å². The first kappa shape index (κ1) is 17.5. The first-order chi connectivity index (χ1) is 10.8. The zero-order valence-corrected chi connectivity index (χ0v) is 14.3. The van der Waals surface area contributed by atoms with Crippen molar-refractivity contribution in [3.63, 3.8) is 0 Å². The van der Waals surface area contributed by atoms with Gasteiger partial charge in [0.1, 0.15) is 11.7 Å². The monoisotopic (exact) mass is 321 g/mol. The number of carbonyl (C=O) groups is 2. The number of nitrogens with zero attached hydrogens (tertiary/aromatic N) is 2. The lowest BCUT2D eigenvalue weighted by Gasteiger charge is -2.23. The Hall–Kier alpha value is -1.89. The van der Waals surface area contributed by atoms with Crippen LogP contribution in [0.2, 0.25) is 0 Å². The van der Waals surface area contributed by atoms with E-state index in [0.29, 0.717) is 5.69 Å². The molecule has 0 aromatic carbocycles. The molecule has 128 valence electrons. The first-order valence-electron chi connectivity index (χ1n) is 8.15. The fourth-order valence-electron chi connectivity index (χ4n) is 2.54. The highest BCUT2D eigenvalue weighted by Crippen LogP contribution is 2.15. The molecule has 1 aliphatic rings. The smallest absolute Gasteiger partial charge is 0.272 e. The molecule has 1 saturated heterocycles. The van der Waals surface area contributed by atoms with Crippen LogP contribution in [-0.4, -0.2) is 46.3 Å². The third-order valence-electron chi connectivity index (χ3n) is 3.73. The van der Waals surface area contributed by atoms with Crippen LogP contribution < -0.4 is 16.0 Å². The zero-order chi connectivity index (χ0) is 17.0. The van der Waals surface area contributed by atoms with Crippen molar-refractivity contribution in [2.75, 3.05) is 13.1 Å². The van der Waals surface area contributed by atoms with Crippen molar-refractivity contribution in [2.24, 2.45) is 0 Å². The Bertz CT molecular complexity index is 555. The highest BCUT2D eigenvalue weighted by Gasteiger charge is 2.23. The molecule has 7 heteroatoms. The van der Waals surface area contributed by atoms with E-state index >= 15 is 0 Å². The fraction of sp³-hybridized carbons (Fsp3) is 0.688. The second-order valence-corrected chi connectivity index (χ2v) is 7.12. The van der Waals surface area contributed by atoms with E-state index in [9.17, 15) is 9.59 Å². The summed E-state index contributed by atoms with van der Waals surface area (Å²) in [4.78, 5) is 24.3. The average molecular weight is 321 g/mol. The van der Waals surface area contributed by atoms with Crippen LogP contribution >= 0.6 is 0 Å². The number of hydrogen-bond donors (Lipinski definition) is 3. The number of amides is 2. The standard InChI is InChI=1S/C16H27N5O2/c1-11(14(22)19-16(2,3)4)18-15(23)13-7-9-21(20-13)12-6-5-8-17-10-12/h7,9,11-12,17H,5-6,8,10H2,1-4H3,(H,18,23)(H,19,22). The van der Waals surface area contributed by atoms with E-state index in [2.05, 4.69) is 21.0 Å². The highest BCUT2D eigenvalue weighted by atomic mass is 16.2. The van der Waals surface area contributed by atoms with Crippen LogP contribution in [0.5, 0.6) is 0 Å². The van der Waals surface area contributed by atoms with E-state index in [1.54, 1.807) is 13.0 Å². The minimum atomic E-state index is -0.608. The molecule has 1 aromatic heterocycles. The van der Waals surface area contributed by atoms with Gasteiger partial charge in [-0.3, -0.25) is 14.3 Å². The number of hydrogen-bond acceptors (Lipinski definition) is 4. The zero-order valence-electron chi connectivity index (χ0n) is 14.3.